The molecule has 0 aliphatic carbocycles. The smallest absolute Gasteiger partial charge is 0.170 e. The van der Waals surface area contributed by atoms with Crippen LogP contribution in [0.4, 0.5) is 8.78 Å². The number of pyridine rings is 2. The van der Waals surface area contributed by atoms with E-state index in [4.69, 9.17) is 18.9 Å². The van der Waals surface area contributed by atoms with Gasteiger partial charge in [-0.1, -0.05) is 60.6 Å². The molecule has 0 unspecified atom stereocenters. The number of hydrogen-bond donors (Lipinski definition) is 0. The first-order valence-electron chi connectivity index (χ1n) is 23.2. The highest BCUT2D eigenvalue weighted by Gasteiger charge is 2.22. The highest BCUT2D eigenvalue weighted by atomic mass is 19.1. The molecule has 2 aromatic carbocycles. The van der Waals surface area contributed by atoms with Crippen molar-refractivity contribution in [2.24, 2.45) is 5.92 Å². The first-order valence-corrected chi connectivity index (χ1v) is 23.2. The van der Waals surface area contributed by atoms with E-state index in [2.05, 4.69) is 71.1 Å². The lowest BCUT2D eigenvalue weighted by molar-refractivity contribution is 0.390. The van der Waals surface area contributed by atoms with Gasteiger partial charge in [0, 0.05) is 50.6 Å². The van der Waals surface area contributed by atoms with Gasteiger partial charge in [-0.3, -0.25) is 19.1 Å². The summed E-state index contributed by atoms with van der Waals surface area (Å²) in [6, 6.07) is 15.4. The second-order valence-electron chi connectivity index (χ2n) is 16.2. The summed E-state index contributed by atoms with van der Waals surface area (Å²) < 4.78 is 50.6. The lowest BCUT2D eigenvalue weighted by Crippen LogP contribution is -2.06. The molecule has 71 heavy (non-hydrogen) atoms. The number of benzene rings is 2. The molecular formula is C53H70F2N12O4. The first-order chi connectivity index (χ1) is 34.1. The third-order valence-electron chi connectivity index (χ3n) is 10.9. The van der Waals surface area contributed by atoms with Crippen LogP contribution in [0.1, 0.15) is 104 Å². The molecule has 0 saturated carbocycles. The molecule has 0 bridgehead atoms. The first kappa shape index (κ1) is 55.8. The maximum Gasteiger partial charge on any atom is 0.170 e. The summed E-state index contributed by atoms with van der Waals surface area (Å²) in [7, 11) is 6.52. The number of aromatic nitrogens is 12. The maximum atomic E-state index is 12.4. The molecule has 0 fully saturated rings. The fourth-order valence-corrected chi connectivity index (χ4v) is 6.71. The Morgan fingerprint density at radius 3 is 1.18 bits per heavy atom. The number of ether oxygens (including phenoxy) is 4. The van der Waals surface area contributed by atoms with Crippen LogP contribution in [-0.2, 0) is 0 Å². The predicted octanol–water partition coefficient (Wildman–Crippen LogP) is 11.9. The number of para-hydroxylation sites is 2. The van der Waals surface area contributed by atoms with Gasteiger partial charge in [-0.05, 0) is 87.6 Å². The van der Waals surface area contributed by atoms with Crippen molar-refractivity contribution in [1.82, 2.24) is 59.4 Å². The average molecular weight is 977 g/mol. The molecule has 18 heteroatoms. The van der Waals surface area contributed by atoms with E-state index in [1.165, 1.54) is 24.8 Å². The van der Waals surface area contributed by atoms with Gasteiger partial charge in [-0.15, -0.1) is 20.4 Å². The van der Waals surface area contributed by atoms with Crippen LogP contribution in [0.25, 0.3) is 34.2 Å². The van der Waals surface area contributed by atoms with E-state index >= 15 is 0 Å². The number of rotatable bonds is 12. The van der Waals surface area contributed by atoms with Crippen molar-refractivity contribution in [1.29, 1.82) is 0 Å². The Bertz CT molecular complexity index is 2700. The van der Waals surface area contributed by atoms with Crippen molar-refractivity contribution in [2.45, 2.75) is 94.4 Å². The van der Waals surface area contributed by atoms with Gasteiger partial charge in [0.15, 0.2) is 23.3 Å². The fraction of sp³-hybridized carbons (Fsp3) is 0.358. The van der Waals surface area contributed by atoms with Crippen molar-refractivity contribution in [3.05, 3.63) is 144 Å². The Morgan fingerprint density at radius 1 is 0.521 bits per heavy atom. The molecule has 6 heterocycles. The molecule has 0 spiro atoms. The van der Waals surface area contributed by atoms with E-state index < -0.39 is 0 Å². The summed E-state index contributed by atoms with van der Waals surface area (Å²) in [5.41, 5.74) is 5.44. The molecule has 8 aromatic rings. The monoisotopic (exact) mass is 977 g/mol. The highest BCUT2D eigenvalue weighted by molar-refractivity contribution is 5.66. The van der Waals surface area contributed by atoms with E-state index in [-0.39, 0.29) is 20.4 Å². The molecule has 16 nitrogen and oxygen atoms in total. The third-order valence-corrected chi connectivity index (χ3v) is 10.9. The zero-order valence-corrected chi connectivity index (χ0v) is 43.4. The minimum Gasteiger partial charge on any atom is -0.494 e. The van der Waals surface area contributed by atoms with Crippen LogP contribution < -0.4 is 18.9 Å². The van der Waals surface area contributed by atoms with Gasteiger partial charge in [0.2, 0.25) is 0 Å². The van der Waals surface area contributed by atoms with E-state index in [0.29, 0.717) is 58.1 Å². The van der Waals surface area contributed by atoms with Crippen molar-refractivity contribution < 1.29 is 30.6 Å². The van der Waals surface area contributed by atoms with Crippen LogP contribution in [0.15, 0.2) is 98.1 Å². The summed E-state index contributed by atoms with van der Waals surface area (Å²) in [6.45, 7) is 22.1. The van der Waals surface area contributed by atoms with Gasteiger partial charge in [-0.25, -0.2) is 28.7 Å². The second-order valence-corrected chi connectivity index (χ2v) is 16.2. The zero-order valence-electron chi connectivity index (χ0n) is 43.4. The van der Waals surface area contributed by atoms with Gasteiger partial charge in [-0.2, -0.15) is 0 Å². The molecule has 0 aliphatic rings. The molecule has 0 amide bonds. The van der Waals surface area contributed by atoms with Crippen LogP contribution in [0.3, 0.4) is 0 Å². The molecule has 0 saturated heterocycles. The fourth-order valence-electron chi connectivity index (χ4n) is 6.71. The van der Waals surface area contributed by atoms with Crippen molar-refractivity contribution in [3.63, 3.8) is 0 Å². The largest absolute Gasteiger partial charge is 0.494 e. The molecule has 2 atom stereocenters. The Labute approximate surface area is 419 Å². The molecule has 380 valence electrons. The van der Waals surface area contributed by atoms with Gasteiger partial charge in [0.1, 0.15) is 57.7 Å². The van der Waals surface area contributed by atoms with Gasteiger partial charge >= 0.3 is 0 Å². The van der Waals surface area contributed by atoms with E-state index in [9.17, 15) is 8.78 Å². The molecular weight excluding hydrogens is 907 g/mol. The summed E-state index contributed by atoms with van der Waals surface area (Å²) in [4.78, 5) is 24.0. The highest BCUT2D eigenvalue weighted by Crippen LogP contribution is 2.37. The Balaban J connectivity index is 0.000000342. The topological polar surface area (TPSA) is 176 Å². The predicted molar refractivity (Wildman–Crippen MR) is 276 cm³/mol. The Hall–Kier alpha value is -7.76. The normalized spacial score (nSPS) is 11.2. The maximum absolute atomic E-state index is 12.4. The van der Waals surface area contributed by atoms with Crippen molar-refractivity contribution in [2.75, 3.05) is 28.4 Å². The van der Waals surface area contributed by atoms with E-state index in [1.54, 1.807) is 53.2 Å². The summed E-state index contributed by atoms with van der Waals surface area (Å²) in [6.07, 6.45) is 13.0. The number of aryl methyl sites for hydroxylation is 4. The molecule has 0 N–H and O–H groups in total. The number of nitrogens with zero attached hydrogens (tertiary/aromatic N) is 12. The van der Waals surface area contributed by atoms with Crippen molar-refractivity contribution >= 4 is 0 Å². The van der Waals surface area contributed by atoms with Crippen LogP contribution in [-0.4, -0.2) is 87.9 Å². The SMILES string of the molecule is CC.CC(C)[C@@H](C)c1ncc(F)cn1.CC[C@@H](C)c1ncc(F)cn1.COc1cccc(OC)c1-n1c(C)nnc1-c1cncc(C)c1.COc1cccc(OC)c1-n1c(C)nnc1-c1cncc(C)c1.[HH].[HH]. The van der Waals surface area contributed by atoms with Crippen LogP contribution >= 0.6 is 0 Å². The minimum absolute atomic E-state index is 0. The van der Waals surface area contributed by atoms with Crippen LogP contribution in [0, 0.1) is 45.2 Å². The average Bonchev–Trinajstić information content (AvgIpc) is 3.98. The third kappa shape index (κ3) is 14.6. The Kier molecular flexibility index (Phi) is 21.6. The van der Waals surface area contributed by atoms with Crippen LogP contribution in [0.5, 0.6) is 23.0 Å². The molecule has 0 radical (unpaired) electrons. The molecule has 6 aromatic heterocycles. The zero-order chi connectivity index (χ0) is 52.2. The van der Waals surface area contributed by atoms with Crippen molar-refractivity contribution in [3.8, 4) is 57.1 Å². The number of halogens is 2. The lowest BCUT2D eigenvalue weighted by Gasteiger charge is -2.16. The number of hydrogen-bond acceptors (Lipinski definition) is 14. The summed E-state index contributed by atoms with van der Waals surface area (Å²) in [5.74, 6) is 7.38. The number of methoxy groups -OCH3 is 4. The quantitative estimate of drug-likeness (QED) is 0.113. The Morgan fingerprint density at radius 2 is 0.873 bits per heavy atom. The van der Waals surface area contributed by atoms with Gasteiger partial charge in [0.05, 0.1) is 53.2 Å². The van der Waals surface area contributed by atoms with Gasteiger partial charge < -0.3 is 18.9 Å². The van der Waals surface area contributed by atoms with E-state index in [0.717, 1.165) is 51.7 Å². The van der Waals surface area contributed by atoms with Crippen LogP contribution in [0.2, 0.25) is 0 Å². The minimum atomic E-state index is -0.380. The summed E-state index contributed by atoms with van der Waals surface area (Å²) >= 11 is 0. The van der Waals surface area contributed by atoms with Gasteiger partial charge in [0.25, 0.3) is 0 Å². The molecule has 8 rings (SSSR count). The standard InChI is InChI=1S/2C17H18N4O2.C9H13FN2.C8H11FN2.C2H6.2H2/c2*1-11-8-13(10-18-9-11)17-20-19-12(2)21(17)16-14(22-3)6-5-7-15(16)23-4;1-6(2)7(3)9-11-4-8(10)5-12-9;1-3-6(2)8-10-4-7(9)5-11-8;1-2;;/h2*5-10H,1-4H3;4-7H,1-3H3;4-6H,3H2,1-2H3;1-2H3;2*1H/t;;7-;6-;;;/m..11.../s1. The lowest BCUT2D eigenvalue weighted by atomic mass is 9.97. The second kappa shape index (κ2) is 27.4. The molecule has 0 aliphatic heterocycles. The van der Waals surface area contributed by atoms with E-state index in [1.807, 2.05) is 113 Å². The summed E-state index contributed by atoms with van der Waals surface area (Å²) in [5, 5.41) is 17.1.